The average Bonchev–Trinajstić information content (AvgIpc) is 2.39. The minimum absolute atomic E-state index is 0.0273. The molecule has 0 radical (unpaired) electrons. The van der Waals surface area contributed by atoms with Crippen LogP contribution in [0.4, 0.5) is 13.2 Å². The van der Waals surface area contributed by atoms with E-state index >= 15 is 0 Å². The number of nitrogens with one attached hydrogen (secondary N) is 1. The summed E-state index contributed by atoms with van der Waals surface area (Å²) in [5.41, 5.74) is 1.00. The van der Waals surface area contributed by atoms with E-state index in [2.05, 4.69) is 21.2 Å². The van der Waals surface area contributed by atoms with Crippen LogP contribution >= 0.6 is 15.9 Å². The minimum atomic E-state index is -2.49. The number of likely N-dealkylation sites (N-methyl/N-ethyl adjacent to an activating group) is 1. The van der Waals surface area contributed by atoms with Gasteiger partial charge in [0, 0.05) is 23.4 Å². The first-order valence-corrected chi connectivity index (χ1v) is 7.69. The normalized spacial score (nSPS) is 20.9. The lowest BCUT2D eigenvalue weighted by molar-refractivity contribution is -0.0492. The second kappa shape index (κ2) is 6.48. The summed E-state index contributed by atoms with van der Waals surface area (Å²) < 4.78 is 40.2. The SMILES string of the molecule is CNC(Cc1ccc(F)cc1Br)C1CCC(F)(F)CC1. The molecule has 1 aliphatic rings. The molecule has 1 aromatic carbocycles. The molecule has 0 aliphatic heterocycles. The molecule has 1 atom stereocenters. The molecule has 0 saturated heterocycles. The fraction of sp³-hybridized carbons (Fsp3) is 0.600. The number of hydrogen-bond acceptors (Lipinski definition) is 1. The first-order valence-electron chi connectivity index (χ1n) is 6.90. The van der Waals surface area contributed by atoms with Crippen LogP contribution in [0.15, 0.2) is 22.7 Å². The van der Waals surface area contributed by atoms with Crippen molar-refractivity contribution in [3.63, 3.8) is 0 Å². The van der Waals surface area contributed by atoms with Gasteiger partial charge in [-0.25, -0.2) is 13.2 Å². The van der Waals surface area contributed by atoms with Crippen LogP contribution in [-0.2, 0) is 6.42 Å². The Morgan fingerprint density at radius 1 is 1.35 bits per heavy atom. The van der Waals surface area contributed by atoms with Crippen LogP contribution in [0.3, 0.4) is 0 Å². The summed E-state index contributed by atoms with van der Waals surface area (Å²) in [6.45, 7) is 0. The van der Waals surface area contributed by atoms with E-state index in [1.54, 1.807) is 6.07 Å². The Morgan fingerprint density at radius 2 is 2.00 bits per heavy atom. The summed E-state index contributed by atoms with van der Waals surface area (Å²) in [7, 11) is 1.86. The molecule has 5 heteroatoms. The Bertz CT molecular complexity index is 454. The largest absolute Gasteiger partial charge is 0.316 e. The third-order valence-electron chi connectivity index (χ3n) is 4.16. The van der Waals surface area contributed by atoms with Crippen molar-refractivity contribution in [2.75, 3.05) is 7.05 Å². The van der Waals surface area contributed by atoms with E-state index in [-0.39, 0.29) is 30.6 Å². The Labute approximate surface area is 126 Å². The van der Waals surface area contributed by atoms with E-state index < -0.39 is 5.92 Å². The number of rotatable bonds is 4. The molecular formula is C15H19BrF3N. The van der Waals surface area contributed by atoms with E-state index in [4.69, 9.17) is 0 Å². The molecule has 1 saturated carbocycles. The molecule has 1 unspecified atom stereocenters. The lowest BCUT2D eigenvalue weighted by Crippen LogP contribution is -2.39. The van der Waals surface area contributed by atoms with Gasteiger partial charge in [0.15, 0.2) is 0 Å². The molecule has 0 aromatic heterocycles. The van der Waals surface area contributed by atoms with Crippen LogP contribution in [0.1, 0.15) is 31.2 Å². The van der Waals surface area contributed by atoms with Crippen molar-refractivity contribution in [1.82, 2.24) is 5.32 Å². The maximum atomic E-state index is 13.2. The lowest BCUT2D eigenvalue weighted by Gasteiger charge is -2.34. The summed E-state index contributed by atoms with van der Waals surface area (Å²) >= 11 is 3.36. The predicted octanol–water partition coefficient (Wildman–Crippen LogP) is 4.54. The topological polar surface area (TPSA) is 12.0 Å². The molecule has 0 amide bonds. The van der Waals surface area contributed by atoms with Crippen molar-refractivity contribution in [2.24, 2.45) is 5.92 Å². The van der Waals surface area contributed by atoms with Gasteiger partial charge in [-0.1, -0.05) is 22.0 Å². The first-order chi connectivity index (χ1) is 9.41. The fourth-order valence-corrected chi connectivity index (χ4v) is 3.41. The van der Waals surface area contributed by atoms with Crippen LogP contribution in [0.25, 0.3) is 0 Å². The summed E-state index contributed by atoms with van der Waals surface area (Å²) in [4.78, 5) is 0. The second-order valence-corrected chi connectivity index (χ2v) is 6.38. The summed E-state index contributed by atoms with van der Waals surface area (Å²) in [5, 5.41) is 3.23. The predicted molar refractivity (Wildman–Crippen MR) is 77.6 cm³/mol. The number of benzene rings is 1. The highest BCUT2D eigenvalue weighted by Crippen LogP contribution is 2.38. The Morgan fingerprint density at radius 3 is 2.55 bits per heavy atom. The van der Waals surface area contributed by atoms with Gasteiger partial charge in [0.2, 0.25) is 5.92 Å². The van der Waals surface area contributed by atoms with Gasteiger partial charge in [-0.3, -0.25) is 0 Å². The van der Waals surface area contributed by atoms with Crippen LogP contribution in [0.5, 0.6) is 0 Å². The highest BCUT2D eigenvalue weighted by molar-refractivity contribution is 9.10. The van der Waals surface area contributed by atoms with Crippen molar-refractivity contribution in [2.45, 2.75) is 44.1 Å². The fourth-order valence-electron chi connectivity index (χ4n) is 2.89. The molecule has 1 aliphatic carbocycles. The van der Waals surface area contributed by atoms with Gasteiger partial charge in [-0.05, 0) is 49.9 Å². The molecule has 0 spiro atoms. The number of hydrogen-bond donors (Lipinski definition) is 1. The molecule has 1 N–H and O–H groups in total. The lowest BCUT2D eigenvalue weighted by atomic mass is 9.80. The maximum absolute atomic E-state index is 13.2. The average molecular weight is 350 g/mol. The zero-order valence-electron chi connectivity index (χ0n) is 11.4. The van der Waals surface area contributed by atoms with Crippen molar-refractivity contribution in [3.8, 4) is 0 Å². The molecule has 1 fully saturated rings. The standard InChI is InChI=1S/C15H19BrF3N/c1-20-14(10-4-6-15(18,19)7-5-10)8-11-2-3-12(17)9-13(11)16/h2-3,9-10,14,20H,4-8H2,1H3. The van der Waals surface area contributed by atoms with Gasteiger partial charge >= 0.3 is 0 Å². The van der Waals surface area contributed by atoms with E-state index in [1.165, 1.54) is 12.1 Å². The third-order valence-corrected chi connectivity index (χ3v) is 4.89. The van der Waals surface area contributed by atoms with E-state index in [0.29, 0.717) is 19.3 Å². The van der Waals surface area contributed by atoms with Gasteiger partial charge in [-0.15, -0.1) is 0 Å². The molecule has 1 aromatic rings. The summed E-state index contributed by atoms with van der Waals surface area (Å²) in [6, 6.07) is 4.77. The third kappa shape index (κ3) is 3.98. The van der Waals surface area contributed by atoms with E-state index in [0.717, 1.165) is 10.0 Å². The Hall–Kier alpha value is -0.550. The first kappa shape index (κ1) is 15.8. The molecule has 0 heterocycles. The maximum Gasteiger partial charge on any atom is 0.248 e. The zero-order valence-corrected chi connectivity index (χ0v) is 13.0. The Kier molecular flexibility index (Phi) is 5.13. The van der Waals surface area contributed by atoms with Crippen LogP contribution in [-0.4, -0.2) is 19.0 Å². The number of halogens is 4. The van der Waals surface area contributed by atoms with Gasteiger partial charge < -0.3 is 5.32 Å². The molecule has 1 nitrogen and oxygen atoms in total. The summed E-state index contributed by atoms with van der Waals surface area (Å²) in [6.07, 6.45) is 1.74. The molecular weight excluding hydrogens is 331 g/mol. The summed E-state index contributed by atoms with van der Waals surface area (Å²) in [5.74, 6) is -2.53. The molecule has 0 bridgehead atoms. The van der Waals surface area contributed by atoms with Gasteiger partial charge in [0.25, 0.3) is 0 Å². The molecule has 20 heavy (non-hydrogen) atoms. The second-order valence-electron chi connectivity index (χ2n) is 5.53. The zero-order chi connectivity index (χ0) is 14.8. The van der Waals surface area contributed by atoms with Crippen LogP contribution < -0.4 is 5.32 Å². The van der Waals surface area contributed by atoms with Crippen molar-refractivity contribution >= 4 is 15.9 Å². The van der Waals surface area contributed by atoms with Crippen molar-refractivity contribution in [1.29, 1.82) is 0 Å². The molecule has 112 valence electrons. The minimum Gasteiger partial charge on any atom is -0.316 e. The van der Waals surface area contributed by atoms with Crippen LogP contribution in [0.2, 0.25) is 0 Å². The van der Waals surface area contributed by atoms with E-state index in [9.17, 15) is 13.2 Å². The van der Waals surface area contributed by atoms with Gasteiger partial charge in [-0.2, -0.15) is 0 Å². The number of alkyl halides is 2. The van der Waals surface area contributed by atoms with Gasteiger partial charge in [0.05, 0.1) is 0 Å². The van der Waals surface area contributed by atoms with Crippen LogP contribution in [0, 0.1) is 11.7 Å². The molecule has 2 rings (SSSR count). The van der Waals surface area contributed by atoms with Crippen molar-refractivity contribution in [3.05, 3.63) is 34.1 Å². The van der Waals surface area contributed by atoms with E-state index in [1.807, 2.05) is 7.05 Å². The Balaban J connectivity index is 2.02. The van der Waals surface area contributed by atoms with Crippen molar-refractivity contribution < 1.29 is 13.2 Å². The smallest absolute Gasteiger partial charge is 0.248 e. The highest BCUT2D eigenvalue weighted by Gasteiger charge is 2.37. The monoisotopic (exact) mass is 349 g/mol. The highest BCUT2D eigenvalue weighted by atomic mass is 79.9. The quantitative estimate of drug-likeness (QED) is 0.841. The van der Waals surface area contributed by atoms with Gasteiger partial charge in [0.1, 0.15) is 5.82 Å².